The first-order valence-corrected chi connectivity index (χ1v) is 4.85. The maximum absolute atomic E-state index is 13.6. The number of aromatic nitrogens is 4. The first-order chi connectivity index (χ1) is 8.25. The molecule has 3 aromatic rings. The van der Waals surface area contributed by atoms with Crippen LogP contribution in [0.5, 0.6) is 0 Å². The van der Waals surface area contributed by atoms with E-state index in [1.54, 1.807) is 6.20 Å². The third-order valence-corrected chi connectivity index (χ3v) is 2.37. The summed E-state index contributed by atoms with van der Waals surface area (Å²) in [6.07, 6.45) is 4.39. The number of hydrogen-bond acceptors (Lipinski definition) is 3. The van der Waals surface area contributed by atoms with E-state index >= 15 is 0 Å². The normalized spacial score (nSPS) is 10.9. The molecule has 84 valence electrons. The lowest BCUT2D eigenvalue weighted by atomic mass is 10.3. The molecule has 0 radical (unpaired) electrons. The van der Waals surface area contributed by atoms with E-state index < -0.39 is 11.6 Å². The number of nitrogens with zero attached hydrogens (tertiary/aromatic N) is 4. The summed E-state index contributed by atoms with van der Waals surface area (Å²) in [7, 11) is 0. The van der Waals surface area contributed by atoms with Crippen molar-refractivity contribution < 1.29 is 8.78 Å². The number of benzene rings is 1. The van der Waals surface area contributed by atoms with Gasteiger partial charge in [0.05, 0.1) is 11.6 Å². The molecule has 2 heterocycles. The molecule has 0 N–H and O–H groups in total. The van der Waals surface area contributed by atoms with Crippen molar-refractivity contribution in [2.45, 2.75) is 0 Å². The highest BCUT2D eigenvalue weighted by Gasteiger charge is 2.11. The smallest absolute Gasteiger partial charge is 0.166 e. The Morgan fingerprint density at radius 1 is 1.12 bits per heavy atom. The number of rotatable bonds is 1. The van der Waals surface area contributed by atoms with E-state index in [-0.39, 0.29) is 5.69 Å². The molecular formula is C11H6F2N4. The lowest BCUT2D eigenvalue weighted by molar-refractivity contribution is 0.588. The average Bonchev–Trinajstić information content (AvgIpc) is 2.76. The van der Waals surface area contributed by atoms with Crippen molar-refractivity contribution in [3.8, 4) is 5.69 Å². The number of hydrogen-bond donors (Lipinski definition) is 0. The monoisotopic (exact) mass is 232 g/mol. The van der Waals surface area contributed by atoms with E-state index in [2.05, 4.69) is 15.1 Å². The molecule has 0 aliphatic heterocycles. The first kappa shape index (κ1) is 9.83. The summed E-state index contributed by atoms with van der Waals surface area (Å²) in [6.45, 7) is 0. The van der Waals surface area contributed by atoms with E-state index in [9.17, 15) is 8.78 Å². The zero-order valence-electron chi connectivity index (χ0n) is 8.51. The maximum atomic E-state index is 13.6. The van der Waals surface area contributed by atoms with Gasteiger partial charge in [0.15, 0.2) is 5.65 Å². The van der Waals surface area contributed by atoms with E-state index in [0.717, 1.165) is 18.2 Å². The van der Waals surface area contributed by atoms with Gasteiger partial charge in [0, 0.05) is 12.3 Å². The minimum absolute atomic E-state index is 0.0266. The third kappa shape index (κ3) is 1.54. The summed E-state index contributed by atoms with van der Waals surface area (Å²) in [5, 5.41) is 4.64. The zero-order chi connectivity index (χ0) is 11.8. The van der Waals surface area contributed by atoms with E-state index in [0.29, 0.717) is 11.0 Å². The van der Waals surface area contributed by atoms with Gasteiger partial charge in [0.25, 0.3) is 0 Å². The lowest BCUT2D eigenvalue weighted by Crippen LogP contribution is -2.01. The minimum atomic E-state index is -0.560. The quantitative estimate of drug-likeness (QED) is 0.645. The highest BCUT2D eigenvalue weighted by molar-refractivity contribution is 5.74. The number of halogens is 2. The fourth-order valence-corrected chi connectivity index (χ4v) is 1.60. The van der Waals surface area contributed by atoms with Gasteiger partial charge in [-0.05, 0) is 12.1 Å². The minimum Gasteiger partial charge on any atom is -0.244 e. The topological polar surface area (TPSA) is 43.6 Å². The van der Waals surface area contributed by atoms with Gasteiger partial charge in [-0.15, -0.1) is 0 Å². The fraction of sp³-hybridized carbons (Fsp3) is 0. The van der Waals surface area contributed by atoms with Gasteiger partial charge in [-0.3, -0.25) is 0 Å². The molecule has 2 aromatic heterocycles. The molecule has 0 amide bonds. The summed E-state index contributed by atoms with van der Waals surface area (Å²) in [4.78, 5) is 7.82. The van der Waals surface area contributed by atoms with Gasteiger partial charge < -0.3 is 0 Å². The van der Waals surface area contributed by atoms with Crippen molar-refractivity contribution in [1.82, 2.24) is 19.7 Å². The predicted molar refractivity (Wildman–Crippen MR) is 56.6 cm³/mol. The van der Waals surface area contributed by atoms with Crippen molar-refractivity contribution in [1.29, 1.82) is 0 Å². The van der Waals surface area contributed by atoms with Crippen LogP contribution in [-0.2, 0) is 0 Å². The van der Waals surface area contributed by atoms with Crippen molar-refractivity contribution in [3.05, 3.63) is 48.6 Å². The maximum Gasteiger partial charge on any atom is 0.166 e. The van der Waals surface area contributed by atoms with Crippen LogP contribution in [0.25, 0.3) is 16.7 Å². The molecule has 3 rings (SSSR count). The molecule has 0 saturated heterocycles. The molecule has 1 aromatic carbocycles. The molecule has 0 bridgehead atoms. The summed E-state index contributed by atoms with van der Waals surface area (Å²) >= 11 is 0. The fourth-order valence-electron chi connectivity index (χ4n) is 1.60. The second-order valence-corrected chi connectivity index (χ2v) is 3.45. The van der Waals surface area contributed by atoms with E-state index in [1.165, 1.54) is 17.2 Å². The Hall–Kier alpha value is -2.37. The van der Waals surface area contributed by atoms with Gasteiger partial charge >= 0.3 is 0 Å². The van der Waals surface area contributed by atoms with Gasteiger partial charge in [0.1, 0.15) is 23.6 Å². The van der Waals surface area contributed by atoms with E-state index in [1.807, 2.05) is 0 Å². The Kier molecular flexibility index (Phi) is 2.07. The van der Waals surface area contributed by atoms with Crippen LogP contribution in [0.1, 0.15) is 0 Å². The van der Waals surface area contributed by atoms with Gasteiger partial charge in [-0.1, -0.05) is 0 Å². The second kappa shape index (κ2) is 3.58. The Bertz CT molecular complexity index is 693. The molecule has 4 nitrogen and oxygen atoms in total. The standard InChI is InChI=1S/C11H6F2N4/c12-8-1-2-9(13)10(3-8)17-11-7(5-16-17)4-14-6-15-11/h1-6H. The summed E-state index contributed by atoms with van der Waals surface area (Å²) < 4.78 is 27.9. The summed E-state index contributed by atoms with van der Waals surface area (Å²) in [6, 6.07) is 3.18. The zero-order valence-corrected chi connectivity index (χ0v) is 8.51. The largest absolute Gasteiger partial charge is 0.244 e. The van der Waals surface area contributed by atoms with Crippen LogP contribution in [0.4, 0.5) is 8.78 Å². The van der Waals surface area contributed by atoms with Crippen LogP contribution in [0.15, 0.2) is 36.9 Å². The van der Waals surface area contributed by atoms with Crippen LogP contribution in [0.2, 0.25) is 0 Å². The van der Waals surface area contributed by atoms with Crippen molar-refractivity contribution in [3.63, 3.8) is 0 Å². The highest BCUT2D eigenvalue weighted by Crippen LogP contribution is 2.18. The predicted octanol–water partition coefficient (Wildman–Crippen LogP) is 2.09. The van der Waals surface area contributed by atoms with Gasteiger partial charge in [-0.25, -0.2) is 23.4 Å². The van der Waals surface area contributed by atoms with Crippen LogP contribution in [0, 0.1) is 11.6 Å². The second-order valence-electron chi connectivity index (χ2n) is 3.45. The molecular weight excluding hydrogens is 226 g/mol. The molecule has 6 heteroatoms. The van der Waals surface area contributed by atoms with Crippen molar-refractivity contribution in [2.75, 3.05) is 0 Å². The first-order valence-electron chi connectivity index (χ1n) is 4.85. The van der Waals surface area contributed by atoms with E-state index in [4.69, 9.17) is 0 Å². The number of fused-ring (bicyclic) bond motifs is 1. The Balaban J connectivity index is 2.31. The molecule has 0 unspecified atom stereocenters. The Labute approximate surface area is 94.5 Å². The molecule has 0 aliphatic carbocycles. The van der Waals surface area contributed by atoms with Crippen LogP contribution in [-0.4, -0.2) is 19.7 Å². The van der Waals surface area contributed by atoms with Crippen LogP contribution < -0.4 is 0 Å². The summed E-state index contributed by atoms with van der Waals surface area (Å²) in [5.74, 6) is -1.09. The van der Waals surface area contributed by atoms with Crippen molar-refractivity contribution in [2.24, 2.45) is 0 Å². The molecule has 0 aliphatic rings. The Morgan fingerprint density at radius 3 is 2.88 bits per heavy atom. The molecule has 17 heavy (non-hydrogen) atoms. The molecule has 0 fully saturated rings. The third-order valence-electron chi connectivity index (χ3n) is 2.37. The molecule has 0 saturated carbocycles. The Morgan fingerprint density at radius 2 is 2.00 bits per heavy atom. The molecule has 0 spiro atoms. The van der Waals surface area contributed by atoms with Crippen LogP contribution in [0.3, 0.4) is 0 Å². The van der Waals surface area contributed by atoms with Gasteiger partial charge in [0.2, 0.25) is 0 Å². The highest BCUT2D eigenvalue weighted by atomic mass is 19.1. The SMILES string of the molecule is Fc1ccc(F)c(-n2ncc3cncnc32)c1. The summed E-state index contributed by atoms with van der Waals surface area (Å²) in [5.41, 5.74) is 0.461. The van der Waals surface area contributed by atoms with Gasteiger partial charge in [-0.2, -0.15) is 5.10 Å². The molecule has 0 atom stereocenters. The van der Waals surface area contributed by atoms with Crippen LogP contribution >= 0.6 is 0 Å². The lowest BCUT2D eigenvalue weighted by Gasteiger charge is -2.03. The average molecular weight is 232 g/mol. The van der Waals surface area contributed by atoms with Crippen molar-refractivity contribution >= 4 is 11.0 Å².